The number of aryl methyl sites for hydroxylation is 2. The van der Waals surface area contributed by atoms with Crippen LogP contribution >= 0.6 is 23.8 Å². The molecular formula is C19H15ClN2O3S. The third kappa shape index (κ3) is 3.47. The number of amides is 2. The third-order valence-corrected chi connectivity index (χ3v) is 4.44. The van der Waals surface area contributed by atoms with E-state index in [4.69, 9.17) is 23.8 Å². The van der Waals surface area contributed by atoms with E-state index in [2.05, 4.69) is 5.32 Å². The standard InChI is InChI=1S/C19H15ClN2O3S/c1-10-5-11(2)7-13(6-10)22-18(25)14(17(24)21-19(22)26)8-12-3-4-16(23)15(20)9-12/h3-9,23H,1-2H3,(H,21,24,26). The summed E-state index contributed by atoms with van der Waals surface area (Å²) < 4.78 is 0. The molecule has 2 amide bonds. The molecule has 1 fully saturated rings. The molecule has 0 atom stereocenters. The van der Waals surface area contributed by atoms with Crippen LogP contribution < -0.4 is 10.2 Å². The molecule has 132 valence electrons. The van der Waals surface area contributed by atoms with Gasteiger partial charge in [-0.3, -0.25) is 19.8 Å². The summed E-state index contributed by atoms with van der Waals surface area (Å²) in [6.45, 7) is 3.84. The zero-order valence-corrected chi connectivity index (χ0v) is 15.6. The number of aromatic hydroxyl groups is 1. The number of nitrogens with one attached hydrogen (secondary N) is 1. The zero-order chi connectivity index (χ0) is 19.0. The Morgan fingerprint density at radius 3 is 2.38 bits per heavy atom. The van der Waals surface area contributed by atoms with Crippen molar-refractivity contribution >= 4 is 52.5 Å². The van der Waals surface area contributed by atoms with Gasteiger partial charge in [0.05, 0.1) is 10.7 Å². The summed E-state index contributed by atoms with van der Waals surface area (Å²) >= 11 is 11.1. The highest BCUT2D eigenvalue weighted by Gasteiger charge is 2.34. The normalized spacial score (nSPS) is 16.2. The van der Waals surface area contributed by atoms with E-state index >= 15 is 0 Å². The Balaban J connectivity index is 2.05. The SMILES string of the molecule is Cc1cc(C)cc(N2C(=O)C(=Cc3ccc(O)c(Cl)c3)C(=O)NC2=S)c1. The fourth-order valence-electron chi connectivity index (χ4n) is 2.75. The van der Waals surface area contributed by atoms with Gasteiger partial charge in [0, 0.05) is 0 Å². The largest absolute Gasteiger partial charge is 0.506 e. The number of rotatable bonds is 2. The summed E-state index contributed by atoms with van der Waals surface area (Å²) in [7, 11) is 0. The molecule has 1 saturated heterocycles. The van der Waals surface area contributed by atoms with Gasteiger partial charge < -0.3 is 5.11 Å². The predicted octanol–water partition coefficient (Wildman–Crippen LogP) is 3.49. The van der Waals surface area contributed by atoms with Crippen molar-refractivity contribution in [3.8, 4) is 5.75 Å². The van der Waals surface area contributed by atoms with Crippen LogP contribution in [0.15, 0.2) is 42.0 Å². The maximum atomic E-state index is 13.0. The molecule has 26 heavy (non-hydrogen) atoms. The average Bonchev–Trinajstić information content (AvgIpc) is 2.53. The number of carbonyl (C=O) groups is 2. The molecule has 5 nitrogen and oxygen atoms in total. The molecule has 0 spiro atoms. The van der Waals surface area contributed by atoms with Crippen LogP contribution in [0.25, 0.3) is 6.08 Å². The van der Waals surface area contributed by atoms with E-state index in [0.717, 1.165) is 11.1 Å². The van der Waals surface area contributed by atoms with Crippen LogP contribution in [-0.2, 0) is 9.59 Å². The summed E-state index contributed by atoms with van der Waals surface area (Å²) in [5, 5.41) is 12.2. The van der Waals surface area contributed by atoms with E-state index in [1.54, 1.807) is 6.07 Å². The maximum absolute atomic E-state index is 13.0. The Kier molecular flexibility index (Phi) is 4.80. The molecular weight excluding hydrogens is 372 g/mol. The van der Waals surface area contributed by atoms with Gasteiger partial charge in [-0.1, -0.05) is 23.7 Å². The van der Waals surface area contributed by atoms with Gasteiger partial charge in [0.1, 0.15) is 11.3 Å². The van der Waals surface area contributed by atoms with Crippen molar-refractivity contribution in [1.82, 2.24) is 5.32 Å². The van der Waals surface area contributed by atoms with Crippen LogP contribution in [0.5, 0.6) is 5.75 Å². The highest BCUT2D eigenvalue weighted by molar-refractivity contribution is 7.80. The zero-order valence-electron chi connectivity index (χ0n) is 14.0. The van der Waals surface area contributed by atoms with Crippen LogP contribution in [0.3, 0.4) is 0 Å². The molecule has 3 rings (SSSR count). The number of carbonyl (C=O) groups excluding carboxylic acids is 2. The molecule has 0 bridgehead atoms. The number of phenols is 1. The van der Waals surface area contributed by atoms with Crippen LogP contribution in [0.2, 0.25) is 5.02 Å². The summed E-state index contributed by atoms with van der Waals surface area (Å²) in [6, 6.07) is 10.1. The minimum atomic E-state index is -0.579. The van der Waals surface area contributed by atoms with E-state index in [-0.39, 0.29) is 21.5 Å². The molecule has 0 aliphatic carbocycles. The lowest BCUT2D eigenvalue weighted by Gasteiger charge is -2.29. The Labute approximate surface area is 160 Å². The molecule has 1 heterocycles. The van der Waals surface area contributed by atoms with E-state index in [1.807, 2.05) is 32.0 Å². The first-order chi connectivity index (χ1) is 12.3. The number of hydrogen-bond donors (Lipinski definition) is 2. The fourth-order valence-corrected chi connectivity index (χ4v) is 3.22. The number of phenolic OH excluding ortho intramolecular Hbond substituents is 1. The third-order valence-electron chi connectivity index (χ3n) is 3.85. The first kappa shape index (κ1) is 18.1. The van der Waals surface area contributed by atoms with Crippen LogP contribution in [0.4, 0.5) is 5.69 Å². The molecule has 1 aliphatic heterocycles. The molecule has 1 aliphatic rings. The first-order valence-electron chi connectivity index (χ1n) is 7.74. The molecule has 2 aromatic carbocycles. The molecule has 7 heteroatoms. The summed E-state index contributed by atoms with van der Waals surface area (Å²) in [5.41, 5.74) is 2.98. The summed E-state index contributed by atoms with van der Waals surface area (Å²) in [4.78, 5) is 26.5. The second kappa shape index (κ2) is 6.90. The molecule has 0 saturated carbocycles. The highest BCUT2D eigenvalue weighted by Crippen LogP contribution is 2.27. The minimum Gasteiger partial charge on any atom is -0.506 e. The van der Waals surface area contributed by atoms with Crippen molar-refractivity contribution in [3.63, 3.8) is 0 Å². The minimum absolute atomic E-state index is 0.0332. The average molecular weight is 387 g/mol. The van der Waals surface area contributed by atoms with Gasteiger partial charge in [0.25, 0.3) is 11.8 Å². The van der Waals surface area contributed by atoms with Crippen molar-refractivity contribution in [3.05, 3.63) is 63.7 Å². The smallest absolute Gasteiger partial charge is 0.270 e. The number of hydrogen-bond acceptors (Lipinski definition) is 4. The van der Waals surface area contributed by atoms with E-state index < -0.39 is 11.8 Å². The van der Waals surface area contributed by atoms with Gasteiger partial charge in [-0.2, -0.15) is 0 Å². The quantitative estimate of drug-likeness (QED) is 0.471. The van der Waals surface area contributed by atoms with Gasteiger partial charge in [0.2, 0.25) is 0 Å². The van der Waals surface area contributed by atoms with Crippen molar-refractivity contribution < 1.29 is 14.7 Å². The van der Waals surface area contributed by atoms with Gasteiger partial charge >= 0.3 is 0 Å². The van der Waals surface area contributed by atoms with Crippen molar-refractivity contribution in [1.29, 1.82) is 0 Å². The Bertz CT molecular complexity index is 964. The lowest BCUT2D eigenvalue weighted by atomic mass is 10.1. The predicted molar refractivity (Wildman–Crippen MR) is 105 cm³/mol. The van der Waals surface area contributed by atoms with Crippen molar-refractivity contribution in [2.24, 2.45) is 0 Å². The molecule has 0 radical (unpaired) electrons. The van der Waals surface area contributed by atoms with E-state index in [0.29, 0.717) is 11.3 Å². The van der Waals surface area contributed by atoms with Crippen LogP contribution in [0.1, 0.15) is 16.7 Å². The molecule has 0 unspecified atom stereocenters. The molecule has 2 N–H and O–H groups in total. The Hall–Kier alpha value is -2.70. The maximum Gasteiger partial charge on any atom is 0.270 e. The van der Waals surface area contributed by atoms with Crippen molar-refractivity contribution in [2.45, 2.75) is 13.8 Å². The second-order valence-corrected chi connectivity index (χ2v) is 6.81. The Morgan fingerprint density at radius 2 is 1.77 bits per heavy atom. The van der Waals surface area contributed by atoms with Gasteiger partial charge in [-0.25, -0.2) is 0 Å². The highest BCUT2D eigenvalue weighted by atomic mass is 35.5. The van der Waals surface area contributed by atoms with Crippen LogP contribution in [0, 0.1) is 13.8 Å². The first-order valence-corrected chi connectivity index (χ1v) is 8.53. The number of nitrogens with zero attached hydrogens (tertiary/aromatic N) is 1. The van der Waals surface area contributed by atoms with Gasteiger partial charge in [-0.15, -0.1) is 0 Å². The number of thiocarbonyl (C=S) groups is 1. The fraction of sp³-hybridized carbons (Fsp3) is 0.105. The van der Waals surface area contributed by atoms with E-state index in [9.17, 15) is 14.7 Å². The monoisotopic (exact) mass is 386 g/mol. The summed E-state index contributed by atoms with van der Waals surface area (Å²) in [5.74, 6) is -1.18. The van der Waals surface area contributed by atoms with Crippen LogP contribution in [-0.4, -0.2) is 22.0 Å². The number of benzene rings is 2. The lowest BCUT2D eigenvalue weighted by Crippen LogP contribution is -2.54. The summed E-state index contributed by atoms with van der Waals surface area (Å²) in [6.07, 6.45) is 1.42. The number of halogens is 1. The Morgan fingerprint density at radius 1 is 1.12 bits per heavy atom. The van der Waals surface area contributed by atoms with Gasteiger partial charge in [0.15, 0.2) is 5.11 Å². The van der Waals surface area contributed by atoms with Crippen molar-refractivity contribution in [2.75, 3.05) is 4.90 Å². The number of anilines is 1. The van der Waals surface area contributed by atoms with E-state index in [1.165, 1.54) is 23.1 Å². The topological polar surface area (TPSA) is 69.6 Å². The van der Waals surface area contributed by atoms with Gasteiger partial charge in [-0.05, 0) is 73.1 Å². The lowest BCUT2D eigenvalue weighted by molar-refractivity contribution is -0.122. The molecule has 2 aromatic rings. The molecule has 0 aromatic heterocycles. The second-order valence-electron chi connectivity index (χ2n) is 6.01.